The number of benzene rings is 1. The van der Waals surface area contributed by atoms with E-state index >= 15 is 0 Å². The van der Waals surface area contributed by atoms with Gasteiger partial charge in [0.25, 0.3) is 0 Å². The second kappa shape index (κ2) is 10.1. The molecule has 0 bridgehead atoms. The molecule has 0 aromatic heterocycles. The quantitative estimate of drug-likeness (QED) is 0.630. The number of halogens is 2. The van der Waals surface area contributed by atoms with Crippen LogP contribution in [0.1, 0.15) is 10.4 Å². The number of hydrogen-bond acceptors (Lipinski definition) is 5. The average molecular weight is 385 g/mol. The minimum Gasteiger partial charge on any atom is -0.366 e. The standard InChI is InChI=1S/C13H20N4O3S.2ClH/c14-13(18)11-2-1-3-12(10-11)21(19,20)16-6-9-17-7-4-15-5-8-17;;/h1-3,10,15-16H,4-9H2,(H2,14,18);2*1H. The first-order valence-corrected chi connectivity index (χ1v) is 8.30. The molecule has 1 aromatic carbocycles. The number of nitrogens with zero attached hydrogens (tertiary/aromatic N) is 1. The van der Waals surface area contributed by atoms with Crippen LogP contribution >= 0.6 is 24.8 Å². The van der Waals surface area contributed by atoms with Gasteiger partial charge < -0.3 is 11.1 Å². The third-order valence-corrected chi connectivity index (χ3v) is 4.82. The van der Waals surface area contributed by atoms with Crippen molar-refractivity contribution in [2.75, 3.05) is 39.3 Å². The number of hydrogen-bond donors (Lipinski definition) is 3. The van der Waals surface area contributed by atoms with Crippen LogP contribution in [0, 0.1) is 0 Å². The van der Waals surface area contributed by atoms with Gasteiger partial charge in [-0.1, -0.05) is 6.07 Å². The summed E-state index contributed by atoms with van der Waals surface area (Å²) in [5.41, 5.74) is 5.34. The van der Waals surface area contributed by atoms with E-state index < -0.39 is 15.9 Å². The van der Waals surface area contributed by atoms with Crippen molar-refractivity contribution in [1.82, 2.24) is 14.9 Å². The maximum Gasteiger partial charge on any atom is 0.248 e. The van der Waals surface area contributed by atoms with Gasteiger partial charge in [-0.05, 0) is 18.2 Å². The van der Waals surface area contributed by atoms with Crippen LogP contribution in [-0.2, 0) is 10.0 Å². The van der Waals surface area contributed by atoms with Crippen LogP contribution < -0.4 is 15.8 Å². The van der Waals surface area contributed by atoms with Gasteiger partial charge in [-0.15, -0.1) is 24.8 Å². The number of rotatable bonds is 6. The highest BCUT2D eigenvalue weighted by atomic mass is 35.5. The zero-order chi connectivity index (χ0) is 15.3. The molecule has 10 heteroatoms. The lowest BCUT2D eigenvalue weighted by atomic mass is 10.2. The number of sulfonamides is 1. The fraction of sp³-hybridized carbons (Fsp3) is 0.462. The second-order valence-electron chi connectivity index (χ2n) is 4.88. The van der Waals surface area contributed by atoms with Crippen molar-refractivity contribution in [2.45, 2.75) is 4.90 Å². The lowest BCUT2D eigenvalue weighted by Crippen LogP contribution is -2.46. The number of nitrogens with one attached hydrogen (secondary N) is 2. The summed E-state index contributed by atoms with van der Waals surface area (Å²) in [7, 11) is -3.62. The fourth-order valence-corrected chi connectivity index (χ4v) is 3.24. The van der Waals surface area contributed by atoms with Gasteiger partial charge in [-0.2, -0.15) is 0 Å². The van der Waals surface area contributed by atoms with Crippen LogP contribution in [0.2, 0.25) is 0 Å². The molecule has 1 aliphatic rings. The predicted octanol–water partition coefficient (Wildman–Crippen LogP) is -0.187. The van der Waals surface area contributed by atoms with Crippen molar-refractivity contribution in [3.8, 4) is 0 Å². The number of carbonyl (C=O) groups is 1. The van der Waals surface area contributed by atoms with Gasteiger partial charge in [0.2, 0.25) is 15.9 Å². The highest BCUT2D eigenvalue weighted by Crippen LogP contribution is 2.11. The Bertz CT molecular complexity index is 607. The third kappa shape index (κ3) is 6.62. The van der Waals surface area contributed by atoms with E-state index in [1.165, 1.54) is 24.3 Å². The monoisotopic (exact) mass is 384 g/mol. The lowest BCUT2D eigenvalue weighted by Gasteiger charge is -2.27. The Labute approximate surface area is 148 Å². The molecule has 1 aromatic rings. The van der Waals surface area contributed by atoms with Gasteiger partial charge in [0.15, 0.2) is 0 Å². The first-order chi connectivity index (χ1) is 9.99. The Balaban J connectivity index is 0.00000242. The van der Waals surface area contributed by atoms with Crippen LogP contribution in [0.25, 0.3) is 0 Å². The van der Waals surface area contributed by atoms with E-state index in [9.17, 15) is 13.2 Å². The van der Waals surface area contributed by atoms with Crippen molar-refractivity contribution in [1.29, 1.82) is 0 Å². The molecule has 1 aliphatic heterocycles. The number of nitrogens with two attached hydrogens (primary N) is 1. The number of carbonyl (C=O) groups excluding carboxylic acids is 1. The summed E-state index contributed by atoms with van der Waals surface area (Å²) in [5.74, 6) is -0.645. The van der Waals surface area contributed by atoms with Gasteiger partial charge in [-0.3, -0.25) is 9.69 Å². The largest absolute Gasteiger partial charge is 0.366 e. The maximum atomic E-state index is 12.2. The van der Waals surface area contributed by atoms with Crippen LogP contribution in [0.4, 0.5) is 0 Å². The molecule has 1 heterocycles. The molecule has 7 nitrogen and oxygen atoms in total. The van der Waals surface area contributed by atoms with E-state index in [1.54, 1.807) is 0 Å². The van der Waals surface area contributed by atoms with E-state index in [0.29, 0.717) is 13.1 Å². The SMILES string of the molecule is Cl.Cl.NC(=O)c1cccc(S(=O)(=O)NCCN2CCNCC2)c1. The molecule has 1 saturated heterocycles. The first kappa shape index (κ1) is 22.1. The lowest BCUT2D eigenvalue weighted by molar-refractivity contribution is 0.1000. The Morgan fingerprint density at radius 2 is 1.91 bits per heavy atom. The van der Waals surface area contributed by atoms with Gasteiger partial charge in [0.1, 0.15) is 0 Å². The molecule has 23 heavy (non-hydrogen) atoms. The molecule has 1 fully saturated rings. The maximum absolute atomic E-state index is 12.2. The van der Waals surface area contributed by atoms with E-state index in [0.717, 1.165) is 26.2 Å². The second-order valence-corrected chi connectivity index (χ2v) is 6.65. The molecular weight excluding hydrogens is 363 g/mol. The Kier molecular flexibility index (Phi) is 9.67. The molecule has 0 spiro atoms. The Hall–Kier alpha value is -0.900. The van der Waals surface area contributed by atoms with Gasteiger partial charge in [0.05, 0.1) is 4.90 Å². The van der Waals surface area contributed by atoms with Gasteiger partial charge in [0, 0.05) is 44.8 Å². The molecule has 0 unspecified atom stereocenters. The molecular formula is C13H22Cl2N4O3S. The number of primary amides is 1. The van der Waals surface area contributed by atoms with Crippen molar-refractivity contribution in [3.05, 3.63) is 29.8 Å². The van der Waals surface area contributed by atoms with Crippen molar-refractivity contribution in [3.63, 3.8) is 0 Å². The van der Waals surface area contributed by atoms with Gasteiger partial charge in [-0.25, -0.2) is 13.1 Å². The number of piperazine rings is 1. The molecule has 0 aliphatic carbocycles. The first-order valence-electron chi connectivity index (χ1n) is 6.82. The fourth-order valence-electron chi connectivity index (χ4n) is 2.17. The Morgan fingerprint density at radius 1 is 1.26 bits per heavy atom. The van der Waals surface area contributed by atoms with Crippen molar-refractivity contribution in [2.24, 2.45) is 5.73 Å². The molecule has 2 rings (SSSR count). The van der Waals surface area contributed by atoms with Crippen LogP contribution in [0.5, 0.6) is 0 Å². The molecule has 0 atom stereocenters. The van der Waals surface area contributed by atoms with E-state index in [4.69, 9.17) is 5.73 Å². The van der Waals surface area contributed by atoms with E-state index in [1.807, 2.05) is 0 Å². The average Bonchev–Trinajstić information content (AvgIpc) is 2.48. The van der Waals surface area contributed by atoms with Gasteiger partial charge >= 0.3 is 0 Å². The smallest absolute Gasteiger partial charge is 0.248 e. The highest BCUT2D eigenvalue weighted by molar-refractivity contribution is 7.89. The summed E-state index contributed by atoms with van der Waals surface area (Å²) in [6.07, 6.45) is 0. The summed E-state index contributed by atoms with van der Waals surface area (Å²) in [6, 6.07) is 5.72. The zero-order valence-corrected chi connectivity index (χ0v) is 15.0. The van der Waals surface area contributed by atoms with Crippen LogP contribution in [0.3, 0.4) is 0 Å². The number of amides is 1. The normalized spacial score (nSPS) is 15.3. The third-order valence-electron chi connectivity index (χ3n) is 3.36. The predicted molar refractivity (Wildman–Crippen MR) is 94.0 cm³/mol. The summed E-state index contributed by atoms with van der Waals surface area (Å²) in [6.45, 7) is 4.68. The summed E-state index contributed by atoms with van der Waals surface area (Å²) in [5, 5.41) is 3.24. The summed E-state index contributed by atoms with van der Waals surface area (Å²) < 4.78 is 26.9. The topological polar surface area (TPSA) is 105 Å². The van der Waals surface area contributed by atoms with Crippen molar-refractivity contribution < 1.29 is 13.2 Å². The van der Waals surface area contributed by atoms with Crippen LogP contribution in [-0.4, -0.2) is 58.5 Å². The van der Waals surface area contributed by atoms with E-state index in [2.05, 4.69) is 14.9 Å². The van der Waals surface area contributed by atoms with Crippen molar-refractivity contribution >= 4 is 40.7 Å². The van der Waals surface area contributed by atoms with E-state index in [-0.39, 0.29) is 35.3 Å². The minimum atomic E-state index is -3.62. The molecule has 4 N–H and O–H groups in total. The van der Waals surface area contributed by atoms with Crippen LogP contribution in [0.15, 0.2) is 29.2 Å². The molecule has 132 valence electrons. The molecule has 0 saturated carbocycles. The Morgan fingerprint density at radius 3 is 2.52 bits per heavy atom. The highest BCUT2D eigenvalue weighted by Gasteiger charge is 2.16. The summed E-state index contributed by atoms with van der Waals surface area (Å²) in [4.78, 5) is 13.3. The zero-order valence-electron chi connectivity index (χ0n) is 12.5. The molecule has 0 radical (unpaired) electrons. The summed E-state index contributed by atoms with van der Waals surface area (Å²) >= 11 is 0. The molecule has 1 amide bonds. The minimum absolute atomic E-state index is 0.